The molecule has 0 aliphatic carbocycles. The quantitative estimate of drug-likeness (QED) is 0.882. The van der Waals surface area contributed by atoms with Gasteiger partial charge in [-0.25, -0.2) is 9.97 Å². The molecule has 0 aliphatic rings. The van der Waals surface area contributed by atoms with Crippen LogP contribution in [0, 0.1) is 6.92 Å². The summed E-state index contributed by atoms with van der Waals surface area (Å²) in [6.07, 6.45) is 1.65. The van der Waals surface area contributed by atoms with Gasteiger partial charge in [-0.2, -0.15) is 0 Å². The molecule has 0 atom stereocenters. The molecule has 2 rings (SSSR count). The number of rotatable bonds is 4. The second-order valence-corrected chi connectivity index (χ2v) is 4.63. The molecule has 0 saturated carbocycles. The van der Waals surface area contributed by atoms with Crippen LogP contribution in [-0.4, -0.2) is 22.9 Å². The van der Waals surface area contributed by atoms with Crippen LogP contribution in [0.1, 0.15) is 20.9 Å². The maximum absolute atomic E-state index is 12.0. The Kier molecular flexibility index (Phi) is 3.88. The average Bonchev–Trinajstić information content (AvgIpc) is 2.81. The minimum absolute atomic E-state index is 0.139. The summed E-state index contributed by atoms with van der Waals surface area (Å²) >= 11 is 1.54. The molecule has 0 saturated heterocycles. The number of hydrogen-bond donors (Lipinski definition) is 2. The smallest absolute Gasteiger partial charge is 0.255 e. The maximum atomic E-state index is 12.0. The summed E-state index contributed by atoms with van der Waals surface area (Å²) in [6.45, 7) is 2.43. The molecule has 18 heavy (non-hydrogen) atoms. The number of carbonyl (C=O) groups is 1. The zero-order valence-corrected chi connectivity index (χ0v) is 11.0. The van der Waals surface area contributed by atoms with Crippen molar-refractivity contribution < 1.29 is 4.79 Å². The van der Waals surface area contributed by atoms with Gasteiger partial charge in [-0.05, 0) is 19.1 Å². The van der Waals surface area contributed by atoms with Crippen molar-refractivity contribution in [3.63, 3.8) is 0 Å². The number of amides is 1. The number of carbonyl (C=O) groups excluding carboxylic acids is 1. The van der Waals surface area contributed by atoms with E-state index in [2.05, 4.69) is 20.6 Å². The highest BCUT2D eigenvalue weighted by Gasteiger charge is 2.11. The molecule has 2 N–H and O–H groups in total. The first-order valence-electron chi connectivity index (χ1n) is 5.52. The van der Waals surface area contributed by atoms with Crippen molar-refractivity contribution in [3.8, 4) is 0 Å². The second kappa shape index (κ2) is 5.59. The molecule has 0 aliphatic heterocycles. The predicted molar refractivity (Wildman–Crippen MR) is 71.8 cm³/mol. The number of anilines is 1. The zero-order chi connectivity index (χ0) is 13.0. The highest BCUT2D eigenvalue weighted by atomic mass is 32.1. The normalized spacial score (nSPS) is 10.1. The molecule has 1 amide bonds. The van der Waals surface area contributed by atoms with Gasteiger partial charge in [-0.1, -0.05) is 0 Å². The van der Waals surface area contributed by atoms with Gasteiger partial charge in [-0.3, -0.25) is 4.79 Å². The Bertz CT molecular complexity index is 553. The van der Waals surface area contributed by atoms with Crippen molar-refractivity contribution in [2.75, 3.05) is 12.4 Å². The van der Waals surface area contributed by atoms with Gasteiger partial charge in [0.2, 0.25) is 0 Å². The number of pyridine rings is 1. The van der Waals surface area contributed by atoms with E-state index < -0.39 is 0 Å². The summed E-state index contributed by atoms with van der Waals surface area (Å²) in [5, 5.41) is 5.77. The van der Waals surface area contributed by atoms with Gasteiger partial charge in [0.1, 0.15) is 5.82 Å². The van der Waals surface area contributed by atoms with Gasteiger partial charge < -0.3 is 10.6 Å². The lowest BCUT2D eigenvalue weighted by atomic mass is 10.2. The molecular formula is C12H14N4OS. The Morgan fingerprint density at radius 3 is 2.94 bits per heavy atom. The molecular weight excluding hydrogens is 248 g/mol. The number of aromatic nitrogens is 2. The molecule has 5 nitrogen and oxygen atoms in total. The average molecular weight is 262 g/mol. The molecule has 0 fully saturated rings. The number of nitrogens with zero attached hydrogens (tertiary/aromatic N) is 2. The standard InChI is InChI=1S/C12H14N4OS/c1-8-10(18-7-16-8)6-15-12(17)9-4-3-5-14-11(9)13-2/h3-5,7H,6H2,1-2H3,(H,13,14)(H,15,17). The van der Waals surface area contributed by atoms with Crippen molar-refractivity contribution in [3.05, 3.63) is 40.0 Å². The van der Waals surface area contributed by atoms with E-state index in [9.17, 15) is 4.79 Å². The molecule has 0 spiro atoms. The van der Waals surface area contributed by atoms with Crippen LogP contribution in [0.15, 0.2) is 23.8 Å². The van der Waals surface area contributed by atoms with Crippen molar-refractivity contribution in [2.24, 2.45) is 0 Å². The first-order valence-corrected chi connectivity index (χ1v) is 6.40. The SMILES string of the molecule is CNc1ncccc1C(=O)NCc1scnc1C. The van der Waals surface area contributed by atoms with E-state index in [1.54, 1.807) is 30.9 Å². The van der Waals surface area contributed by atoms with Crippen LogP contribution >= 0.6 is 11.3 Å². The fourth-order valence-electron chi connectivity index (χ4n) is 1.54. The molecule has 0 bridgehead atoms. The summed E-state index contributed by atoms with van der Waals surface area (Å²) in [6, 6.07) is 3.49. The third-order valence-electron chi connectivity index (χ3n) is 2.54. The molecule has 2 aromatic heterocycles. The zero-order valence-electron chi connectivity index (χ0n) is 10.2. The summed E-state index contributed by atoms with van der Waals surface area (Å²) < 4.78 is 0. The van der Waals surface area contributed by atoms with Crippen LogP contribution in [0.25, 0.3) is 0 Å². The monoisotopic (exact) mass is 262 g/mol. The molecule has 2 heterocycles. The van der Waals surface area contributed by atoms with E-state index in [0.717, 1.165) is 10.6 Å². The van der Waals surface area contributed by atoms with E-state index in [1.807, 2.05) is 6.92 Å². The van der Waals surface area contributed by atoms with E-state index in [-0.39, 0.29) is 5.91 Å². The number of nitrogens with one attached hydrogen (secondary N) is 2. The predicted octanol–water partition coefficient (Wildman–Crippen LogP) is 1.82. The molecule has 94 valence electrons. The summed E-state index contributed by atoms with van der Waals surface area (Å²) in [7, 11) is 1.74. The van der Waals surface area contributed by atoms with Gasteiger partial charge in [-0.15, -0.1) is 11.3 Å². The van der Waals surface area contributed by atoms with Crippen LogP contribution in [0.4, 0.5) is 5.82 Å². The fourth-order valence-corrected chi connectivity index (χ4v) is 2.26. The van der Waals surface area contributed by atoms with Crippen LogP contribution in [-0.2, 0) is 6.54 Å². The molecule has 0 unspecified atom stereocenters. The number of aryl methyl sites for hydroxylation is 1. The van der Waals surface area contributed by atoms with Gasteiger partial charge in [0.25, 0.3) is 5.91 Å². The van der Waals surface area contributed by atoms with Gasteiger partial charge in [0, 0.05) is 18.1 Å². The first kappa shape index (κ1) is 12.5. The Labute approximate surface area is 109 Å². The highest BCUT2D eigenvalue weighted by molar-refractivity contribution is 7.09. The molecule has 6 heteroatoms. The van der Waals surface area contributed by atoms with Gasteiger partial charge in [0.15, 0.2) is 0 Å². The second-order valence-electron chi connectivity index (χ2n) is 3.69. The number of hydrogen-bond acceptors (Lipinski definition) is 5. The number of thiazole rings is 1. The van der Waals surface area contributed by atoms with Crippen molar-refractivity contribution in [1.29, 1.82) is 0 Å². The lowest BCUT2D eigenvalue weighted by Crippen LogP contribution is -2.23. The molecule has 0 aromatic carbocycles. The Morgan fingerprint density at radius 1 is 1.44 bits per heavy atom. The minimum atomic E-state index is -0.139. The van der Waals surface area contributed by atoms with Crippen LogP contribution in [0.2, 0.25) is 0 Å². The van der Waals surface area contributed by atoms with E-state index in [4.69, 9.17) is 0 Å². The maximum Gasteiger partial charge on any atom is 0.255 e. The van der Waals surface area contributed by atoms with E-state index in [0.29, 0.717) is 17.9 Å². The summed E-state index contributed by atoms with van der Waals surface area (Å²) in [4.78, 5) is 21.3. The molecule has 0 radical (unpaired) electrons. The van der Waals surface area contributed by atoms with Gasteiger partial charge >= 0.3 is 0 Å². The van der Waals surface area contributed by atoms with E-state index >= 15 is 0 Å². The third-order valence-corrected chi connectivity index (χ3v) is 3.48. The largest absolute Gasteiger partial charge is 0.372 e. The van der Waals surface area contributed by atoms with E-state index in [1.165, 1.54) is 11.3 Å². The highest BCUT2D eigenvalue weighted by Crippen LogP contribution is 2.13. The van der Waals surface area contributed by atoms with Crippen LogP contribution in [0.3, 0.4) is 0 Å². The minimum Gasteiger partial charge on any atom is -0.372 e. The lowest BCUT2D eigenvalue weighted by molar-refractivity contribution is 0.0952. The summed E-state index contributed by atoms with van der Waals surface area (Å²) in [5.74, 6) is 0.441. The Balaban J connectivity index is 2.06. The van der Waals surface area contributed by atoms with Crippen molar-refractivity contribution in [1.82, 2.24) is 15.3 Å². The van der Waals surface area contributed by atoms with Crippen LogP contribution in [0.5, 0.6) is 0 Å². The van der Waals surface area contributed by atoms with Crippen molar-refractivity contribution in [2.45, 2.75) is 13.5 Å². The third kappa shape index (κ3) is 2.65. The molecule has 2 aromatic rings. The topological polar surface area (TPSA) is 66.9 Å². The Hall–Kier alpha value is -1.95. The Morgan fingerprint density at radius 2 is 2.28 bits per heavy atom. The first-order chi connectivity index (χ1) is 8.72. The van der Waals surface area contributed by atoms with Crippen molar-refractivity contribution >= 4 is 23.1 Å². The van der Waals surface area contributed by atoms with Gasteiger partial charge in [0.05, 0.1) is 23.3 Å². The summed E-state index contributed by atoms with van der Waals surface area (Å²) in [5.41, 5.74) is 3.28. The van der Waals surface area contributed by atoms with Crippen LogP contribution < -0.4 is 10.6 Å². The lowest BCUT2D eigenvalue weighted by Gasteiger charge is -2.08. The fraction of sp³-hybridized carbons (Fsp3) is 0.250.